The molecule has 0 aliphatic heterocycles. The summed E-state index contributed by atoms with van der Waals surface area (Å²) < 4.78 is 2.03. The van der Waals surface area contributed by atoms with E-state index in [0.717, 1.165) is 36.8 Å². The summed E-state index contributed by atoms with van der Waals surface area (Å²) in [5.41, 5.74) is 4.68. The van der Waals surface area contributed by atoms with E-state index in [1.54, 1.807) is 0 Å². The summed E-state index contributed by atoms with van der Waals surface area (Å²) in [4.78, 5) is 4.37. The van der Waals surface area contributed by atoms with E-state index in [1.807, 2.05) is 17.1 Å². The van der Waals surface area contributed by atoms with Gasteiger partial charge in [0, 0.05) is 24.5 Å². The molecule has 0 unspecified atom stereocenters. The average Bonchev–Trinajstić information content (AvgIpc) is 3.22. The van der Waals surface area contributed by atoms with Gasteiger partial charge in [0.2, 0.25) is 0 Å². The normalized spacial score (nSPS) is 14.7. The second kappa shape index (κ2) is 5.75. The third kappa shape index (κ3) is 2.90. The van der Waals surface area contributed by atoms with Crippen molar-refractivity contribution in [3.8, 4) is 5.69 Å². The highest BCUT2D eigenvalue weighted by molar-refractivity contribution is 5.34. The van der Waals surface area contributed by atoms with Gasteiger partial charge in [-0.15, -0.1) is 0 Å². The Hall–Kier alpha value is -1.68. The van der Waals surface area contributed by atoms with Crippen molar-refractivity contribution in [2.24, 2.45) is 0 Å². The molecule has 3 rings (SSSR count). The first kappa shape index (κ1) is 13.3. The van der Waals surface area contributed by atoms with Crippen LogP contribution in [0.3, 0.4) is 0 Å². The largest absolute Gasteiger partial charge is 0.310 e. The maximum absolute atomic E-state index is 4.67. The summed E-state index contributed by atoms with van der Waals surface area (Å²) in [6.45, 7) is 5.20. The van der Waals surface area contributed by atoms with Crippen molar-refractivity contribution in [3.05, 3.63) is 41.5 Å². The zero-order valence-corrected chi connectivity index (χ0v) is 12.3. The SMILES string of the molecule is CCc1cc(CC)n(-c2cncc(CNC3CC3)c2)n1. The van der Waals surface area contributed by atoms with Gasteiger partial charge in [0.15, 0.2) is 0 Å². The molecule has 0 saturated heterocycles. The summed E-state index contributed by atoms with van der Waals surface area (Å²) >= 11 is 0. The van der Waals surface area contributed by atoms with Crippen LogP contribution in [0.5, 0.6) is 0 Å². The van der Waals surface area contributed by atoms with Crippen LogP contribution in [-0.2, 0) is 19.4 Å². The summed E-state index contributed by atoms with van der Waals surface area (Å²) in [5, 5.41) is 8.20. The fourth-order valence-corrected chi connectivity index (χ4v) is 2.36. The maximum atomic E-state index is 4.67. The Kier molecular flexibility index (Phi) is 3.83. The number of pyridine rings is 1. The lowest BCUT2D eigenvalue weighted by molar-refractivity contribution is 0.684. The molecule has 106 valence electrons. The molecule has 1 N–H and O–H groups in total. The number of hydrogen-bond acceptors (Lipinski definition) is 3. The van der Waals surface area contributed by atoms with Crippen LogP contribution in [0.2, 0.25) is 0 Å². The van der Waals surface area contributed by atoms with Gasteiger partial charge in [-0.1, -0.05) is 13.8 Å². The topological polar surface area (TPSA) is 42.7 Å². The van der Waals surface area contributed by atoms with Crippen molar-refractivity contribution >= 4 is 0 Å². The van der Waals surface area contributed by atoms with Gasteiger partial charge in [0.05, 0.1) is 17.6 Å². The van der Waals surface area contributed by atoms with Crippen molar-refractivity contribution in [3.63, 3.8) is 0 Å². The minimum Gasteiger partial charge on any atom is -0.310 e. The zero-order chi connectivity index (χ0) is 13.9. The third-order valence-corrected chi connectivity index (χ3v) is 3.76. The Morgan fingerprint density at radius 3 is 2.75 bits per heavy atom. The van der Waals surface area contributed by atoms with Crippen molar-refractivity contribution in [1.29, 1.82) is 0 Å². The van der Waals surface area contributed by atoms with Crippen molar-refractivity contribution in [2.75, 3.05) is 0 Å². The van der Waals surface area contributed by atoms with E-state index in [4.69, 9.17) is 0 Å². The van der Waals surface area contributed by atoms with Gasteiger partial charge in [0.25, 0.3) is 0 Å². The first-order valence-corrected chi connectivity index (χ1v) is 7.55. The molecule has 0 amide bonds. The Morgan fingerprint density at radius 1 is 1.20 bits per heavy atom. The molecule has 0 spiro atoms. The minimum atomic E-state index is 0.723. The standard InChI is InChI=1S/C16H22N4/c1-3-13-8-15(4-2)20(19-13)16-7-12(9-17-11-16)10-18-14-5-6-14/h7-9,11,14,18H,3-6,10H2,1-2H3. The molecule has 0 radical (unpaired) electrons. The molecule has 0 bridgehead atoms. The highest BCUT2D eigenvalue weighted by Gasteiger charge is 2.20. The predicted octanol–water partition coefficient (Wildman–Crippen LogP) is 2.64. The van der Waals surface area contributed by atoms with Gasteiger partial charge in [-0.25, -0.2) is 4.68 Å². The van der Waals surface area contributed by atoms with Gasteiger partial charge >= 0.3 is 0 Å². The first-order chi connectivity index (χ1) is 9.80. The van der Waals surface area contributed by atoms with Crippen LogP contribution < -0.4 is 5.32 Å². The van der Waals surface area contributed by atoms with Crippen LogP contribution in [0.25, 0.3) is 5.69 Å². The van der Waals surface area contributed by atoms with Crippen molar-refractivity contribution in [2.45, 2.75) is 52.1 Å². The van der Waals surface area contributed by atoms with Gasteiger partial charge in [-0.05, 0) is 43.4 Å². The Bertz CT molecular complexity index is 584. The van der Waals surface area contributed by atoms with E-state index in [9.17, 15) is 0 Å². The molecule has 2 aromatic rings. The quantitative estimate of drug-likeness (QED) is 0.877. The molecule has 2 aromatic heterocycles. The van der Waals surface area contributed by atoms with E-state index < -0.39 is 0 Å². The molecule has 1 aliphatic carbocycles. The number of aromatic nitrogens is 3. The Labute approximate surface area is 120 Å². The predicted molar refractivity (Wildman–Crippen MR) is 80.0 cm³/mol. The summed E-state index contributed by atoms with van der Waals surface area (Å²) in [6.07, 6.45) is 8.41. The lowest BCUT2D eigenvalue weighted by Crippen LogP contribution is -2.15. The highest BCUT2D eigenvalue weighted by atomic mass is 15.3. The number of rotatable bonds is 6. The van der Waals surface area contributed by atoms with Gasteiger partial charge in [-0.2, -0.15) is 5.10 Å². The highest BCUT2D eigenvalue weighted by Crippen LogP contribution is 2.20. The number of aryl methyl sites for hydroxylation is 2. The molecule has 1 saturated carbocycles. The number of nitrogens with zero attached hydrogens (tertiary/aromatic N) is 3. The monoisotopic (exact) mass is 270 g/mol. The molecule has 20 heavy (non-hydrogen) atoms. The first-order valence-electron chi connectivity index (χ1n) is 7.55. The summed E-state index contributed by atoms with van der Waals surface area (Å²) in [7, 11) is 0. The van der Waals surface area contributed by atoms with Crippen LogP contribution in [0.1, 0.15) is 43.6 Å². The van der Waals surface area contributed by atoms with E-state index >= 15 is 0 Å². The van der Waals surface area contributed by atoms with Gasteiger partial charge in [0.1, 0.15) is 0 Å². The zero-order valence-electron chi connectivity index (χ0n) is 12.3. The molecule has 0 atom stereocenters. The second-order valence-electron chi connectivity index (χ2n) is 5.45. The van der Waals surface area contributed by atoms with Gasteiger partial charge in [-0.3, -0.25) is 4.98 Å². The van der Waals surface area contributed by atoms with Crippen molar-refractivity contribution < 1.29 is 0 Å². The fraction of sp³-hybridized carbons (Fsp3) is 0.500. The van der Waals surface area contributed by atoms with Crippen molar-refractivity contribution in [1.82, 2.24) is 20.1 Å². The minimum absolute atomic E-state index is 0.723. The Morgan fingerprint density at radius 2 is 2.05 bits per heavy atom. The average molecular weight is 270 g/mol. The number of hydrogen-bond donors (Lipinski definition) is 1. The van der Waals surface area contributed by atoms with E-state index in [2.05, 4.69) is 41.4 Å². The Balaban J connectivity index is 1.84. The smallest absolute Gasteiger partial charge is 0.0835 e. The van der Waals surface area contributed by atoms with Crippen LogP contribution in [-0.4, -0.2) is 20.8 Å². The second-order valence-corrected chi connectivity index (χ2v) is 5.45. The summed E-state index contributed by atoms with van der Waals surface area (Å²) in [6, 6.07) is 5.10. The van der Waals surface area contributed by atoms with Crippen LogP contribution >= 0.6 is 0 Å². The fourth-order valence-electron chi connectivity index (χ4n) is 2.36. The molecular weight excluding hydrogens is 248 g/mol. The lowest BCUT2D eigenvalue weighted by Gasteiger charge is -2.08. The molecule has 1 aliphatic rings. The van der Waals surface area contributed by atoms with E-state index in [0.29, 0.717) is 0 Å². The van der Waals surface area contributed by atoms with E-state index in [-0.39, 0.29) is 0 Å². The van der Waals surface area contributed by atoms with Crippen LogP contribution in [0.4, 0.5) is 0 Å². The molecule has 1 fully saturated rings. The number of nitrogens with one attached hydrogen (secondary N) is 1. The molecule has 4 heteroatoms. The molecular formula is C16H22N4. The maximum Gasteiger partial charge on any atom is 0.0835 e. The third-order valence-electron chi connectivity index (χ3n) is 3.76. The van der Waals surface area contributed by atoms with Crippen LogP contribution in [0, 0.1) is 0 Å². The summed E-state index contributed by atoms with van der Waals surface area (Å²) in [5.74, 6) is 0. The lowest BCUT2D eigenvalue weighted by atomic mass is 10.2. The molecule has 0 aromatic carbocycles. The van der Waals surface area contributed by atoms with Crippen LogP contribution in [0.15, 0.2) is 24.5 Å². The molecule has 4 nitrogen and oxygen atoms in total. The molecule has 2 heterocycles. The van der Waals surface area contributed by atoms with E-state index in [1.165, 1.54) is 24.1 Å². The van der Waals surface area contributed by atoms with Gasteiger partial charge < -0.3 is 5.32 Å².